The summed E-state index contributed by atoms with van der Waals surface area (Å²) in [7, 11) is -0.602. The number of hydrogen-bond acceptors (Lipinski definition) is 4. The molecule has 2 aromatic rings. The highest BCUT2D eigenvalue weighted by Gasteiger charge is 2.17. The van der Waals surface area contributed by atoms with Crippen molar-refractivity contribution in [1.82, 2.24) is 9.29 Å². The number of halogens is 1. The maximum atomic E-state index is 12.0. The molecule has 8 heteroatoms. The minimum Gasteiger partial charge on any atom is -0.478 e. The molecule has 1 N–H and O–H groups in total. The van der Waals surface area contributed by atoms with Gasteiger partial charge in [0.2, 0.25) is 10.0 Å². The molecule has 0 saturated heterocycles. The summed E-state index contributed by atoms with van der Waals surface area (Å²) in [6.07, 6.45) is 1.43. The van der Waals surface area contributed by atoms with Crippen molar-refractivity contribution in [1.29, 1.82) is 0 Å². The second-order valence-corrected chi connectivity index (χ2v) is 7.19. The summed E-state index contributed by atoms with van der Waals surface area (Å²) in [5, 5.41) is 8.95. The number of nitrogens with zero attached hydrogens (tertiary/aromatic N) is 2. The summed E-state index contributed by atoms with van der Waals surface area (Å²) in [5.41, 5.74) is 1.07. The van der Waals surface area contributed by atoms with Crippen LogP contribution < -0.4 is 0 Å². The molecule has 1 aromatic carbocycles. The zero-order valence-corrected chi connectivity index (χ0v) is 13.4. The first-order valence-corrected chi connectivity index (χ1v) is 7.97. The third-order valence-electron chi connectivity index (χ3n) is 3.04. The van der Waals surface area contributed by atoms with Gasteiger partial charge in [0, 0.05) is 25.9 Å². The summed E-state index contributed by atoms with van der Waals surface area (Å²) in [6, 6.07) is 7.49. The van der Waals surface area contributed by atoms with Gasteiger partial charge in [-0.15, -0.1) is 0 Å². The van der Waals surface area contributed by atoms with E-state index in [0.29, 0.717) is 11.1 Å². The Kier molecular flexibility index (Phi) is 4.50. The molecule has 0 amide bonds. The van der Waals surface area contributed by atoms with Gasteiger partial charge >= 0.3 is 5.97 Å². The van der Waals surface area contributed by atoms with Gasteiger partial charge in [0.1, 0.15) is 5.15 Å². The molecule has 1 aromatic heterocycles. The largest absolute Gasteiger partial charge is 0.478 e. The smallest absolute Gasteiger partial charge is 0.338 e. The van der Waals surface area contributed by atoms with Crippen LogP contribution in [0.2, 0.25) is 5.15 Å². The molecule has 0 aliphatic rings. The number of carbonyl (C=O) groups is 1. The average molecular weight is 341 g/mol. The van der Waals surface area contributed by atoms with Gasteiger partial charge in [-0.1, -0.05) is 23.7 Å². The highest BCUT2D eigenvalue weighted by Crippen LogP contribution is 2.25. The van der Waals surface area contributed by atoms with E-state index >= 15 is 0 Å². The number of aromatic carboxylic acids is 1. The fraction of sp³-hybridized carbons (Fsp3) is 0.143. The number of aromatic nitrogens is 1. The average Bonchev–Trinajstić information content (AvgIpc) is 2.47. The molecule has 0 unspecified atom stereocenters. The molecule has 6 nitrogen and oxygen atoms in total. The lowest BCUT2D eigenvalue weighted by Gasteiger charge is -2.11. The van der Waals surface area contributed by atoms with Gasteiger partial charge in [0.25, 0.3) is 0 Å². The number of hydrogen-bond donors (Lipinski definition) is 1. The van der Waals surface area contributed by atoms with Gasteiger partial charge in [0.05, 0.1) is 10.5 Å². The molecular weight excluding hydrogens is 328 g/mol. The quantitative estimate of drug-likeness (QED) is 0.863. The molecule has 1 heterocycles. The second kappa shape index (κ2) is 6.04. The molecule has 0 bridgehead atoms. The van der Waals surface area contributed by atoms with Crippen molar-refractivity contribution >= 4 is 27.6 Å². The van der Waals surface area contributed by atoms with Crippen LogP contribution in [0.5, 0.6) is 0 Å². The Hall–Kier alpha value is -1.96. The number of benzene rings is 1. The van der Waals surface area contributed by atoms with Crippen LogP contribution in [0.25, 0.3) is 11.1 Å². The minimum absolute atomic E-state index is 0.0944. The Bertz CT molecular complexity index is 817. The first-order chi connectivity index (χ1) is 10.2. The molecule has 116 valence electrons. The monoisotopic (exact) mass is 340 g/mol. The van der Waals surface area contributed by atoms with Crippen LogP contribution in [0.1, 0.15) is 10.4 Å². The zero-order valence-electron chi connectivity index (χ0n) is 11.8. The highest BCUT2D eigenvalue weighted by atomic mass is 35.5. The van der Waals surface area contributed by atoms with Crippen LogP contribution in [0.4, 0.5) is 0 Å². The fourth-order valence-electron chi connectivity index (χ4n) is 1.79. The van der Waals surface area contributed by atoms with Gasteiger partial charge in [-0.25, -0.2) is 22.5 Å². The van der Waals surface area contributed by atoms with Crippen LogP contribution in [0, 0.1) is 0 Å². The van der Waals surface area contributed by atoms with Crippen LogP contribution in [0.3, 0.4) is 0 Å². The molecule has 0 spiro atoms. The van der Waals surface area contributed by atoms with Crippen molar-refractivity contribution in [2.45, 2.75) is 4.90 Å². The zero-order chi connectivity index (χ0) is 16.5. The van der Waals surface area contributed by atoms with Gasteiger partial charge < -0.3 is 5.11 Å². The van der Waals surface area contributed by atoms with Crippen LogP contribution in [0.15, 0.2) is 41.4 Å². The van der Waals surface area contributed by atoms with Crippen molar-refractivity contribution < 1.29 is 18.3 Å². The van der Waals surface area contributed by atoms with Gasteiger partial charge in [-0.2, -0.15) is 0 Å². The number of carboxylic acid groups (broad SMARTS) is 1. The lowest BCUT2D eigenvalue weighted by Crippen LogP contribution is -2.22. The molecule has 0 radical (unpaired) electrons. The summed E-state index contributed by atoms with van der Waals surface area (Å²) in [4.78, 5) is 15.0. The van der Waals surface area contributed by atoms with Gasteiger partial charge in [-0.3, -0.25) is 0 Å². The molecule has 2 rings (SSSR count). The molecule has 0 fully saturated rings. The molecule has 0 aliphatic heterocycles. The molecule has 0 saturated carbocycles. The standard InChI is InChI=1S/C14H13ClN2O4S/c1-17(2)22(20,21)11-5-3-9(4-6-11)10-7-12(14(18)19)13(15)16-8-10/h3-8H,1-2H3,(H,18,19). The predicted octanol–water partition coefficient (Wildman–Crippen LogP) is 2.35. The second-order valence-electron chi connectivity index (χ2n) is 4.68. The van der Waals surface area contributed by atoms with Crippen molar-refractivity contribution in [3.05, 3.63) is 47.2 Å². The highest BCUT2D eigenvalue weighted by molar-refractivity contribution is 7.89. The number of sulfonamides is 1. The fourth-order valence-corrected chi connectivity index (χ4v) is 2.87. The van der Waals surface area contributed by atoms with Crippen molar-refractivity contribution in [2.24, 2.45) is 0 Å². The molecule has 22 heavy (non-hydrogen) atoms. The van der Waals surface area contributed by atoms with E-state index in [9.17, 15) is 13.2 Å². The number of rotatable bonds is 4. The summed E-state index contributed by atoms with van der Waals surface area (Å²) in [6.45, 7) is 0. The molecular formula is C14H13ClN2O4S. The van der Waals surface area contributed by atoms with Crippen molar-refractivity contribution in [2.75, 3.05) is 14.1 Å². The van der Waals surface area contributed by atoms with Gasteiger partial charge in [0.15, 0.2) is 0 Å². The normalized spacial score (nSPS) is 11.6. The van der Waals surface area contributed by atoms with Crippen molar-refractivity contribution in [3.63, 3.8) is 0 Å². The predicted molar refractivity (Wildman–Crippen MR) is 82.5 cm³/mol. The summed E-state index contributed by atoms with van der Waals surface area (Å²) >= 11 is 5.72. The molecule has 0 atom stereocenters. The van der Waals surface area contributed by atoms with E-state index in [0.717, 1.165) is 4.31 Å². The topological polar surface area (TPSA) is 87.6 Å². The van der Waals surface area contributed by atoms with Crippen molar-refractivity contribution in [3.8, 4) is 11.1 Å². The molecule has 0 aliphatic carbocycles. The summed E-state index contributed by atoms with van der Waals surface area (Å²) in [5.74, 6) is -1.17. The third kappa shape index (κ3) is 3.11. The van der Waals surface area contributed by atoms with Crippen LogP contribution >= 0.6 is 11.6 Å². The lowest BCUT2D eigenvalue weighted by molar-refractivity contribution is 0.0696. The first kappa shape index (κ1) is 16.4. The van der Waals surface area contributed by atoms with E-state index in [4.69, 9.17) is 16.7 Å². The van der Waals surface area contributed by atoms with E-state index in [1.54, 1.807) is 12.1 Å². The van der Waals surface area contributed by atoms with E-state index in [2.05, 4.69) is 4.98 Å². The Morgan fingerprint density at radius 2 is 1.77 bits per heavy atom. The third-order valence-corrected chi connectivity index (χ3v) is 5.17. The van der Waals surface area contributed by atoms with E-state index < -0.39 is 16.0 Å². The van der Waals surface area contributed by atoms with Gasteiger partial charge in [-0.05, 0) is 23.8 Å². The maximum absolute atomic E-state index is 12.0. The minimum atomic E-state index is -3.50. The Balaban J connectivity index is 2.44. The van der Waals surface area contributed by atoms with Crippen LogP contribution in [-0.4, -0.2) is 42.9 Å². The SMILES string of the molecule is CN(C)S(=O)(=O)c1ccc(-c2cnc(Cl)c(C(=O)O)c2)cc1. The lowest BCUT2D eigenvalue weighted by atomic mass is 10.1. The number of pyridine rings is 1. The van der Waals surface area contributed by atoms with Crippen LogP contribution in [-0.2, 0) is 10.0 Å². The maximum Gasteiger partial charge on any atom is 0.338 e. The summed E-state index contributed by atoms with van der Waals surface area (Å²) < 4.78 is 25.1. The van der Waals surface area contributed by atoms with E-state index in [1.165, 1.54) is 38.5 Å². The number of carboxylic acids is 1. The van der Waals surface area contributed by atoms with E-state index in [1.807, 2.05) is 0 Å². The van der Waals surface area contributed by atoms with E-state index in [-0.39, 0.29) is 15.6 Å². The first-order valence-electron chi connectivity index (χ1n) is 6.15. The Labute approximate surface area is 133 Å². The Morgan fingerprint density at radius 3 is 2.27 bits per heavy atom. The Morgan fingerprint density at radius 1 is 1.18 bits per heavy atom.